The van der Waals surface area contributed by atoms with E-state index in [-0.39, 0.29) is 0 Å². The summed E-state index contributed by atoms with van der Waals surface area (Å²) in [6.07, 6.45) is 7.03. The van der Waals surface area contributed by atoms with Crippen LogP contribution < -0.4 is 5.32 Å². The average Bonchev–Trinajstić information content (AvgIpc) is 2.86. The Kier molecular flexibility index (Phi) is 6.33. The van der Waals surface area contributed by atoms with Gasteiger partial charge in [0, 0.05) is 16.0 Å². The van der Waals surface area contributed by atoms with Crippen LogP contribution in [0.25, 0.3) is 0 Å². The molecule has 2 unspecified atom stereocenters. The zero-order valence-corrected chi connectivity index (χ0v) is 14.2. The fraction of sp³-hybridized carbons (Fsp3) is 0.733. The summed E-state index contributed by atoms with van der Waals surface area (Å²) in [5.74, 6) is 0.695. The zero-order chi connectivity index (χ0) is 13.7. The molecular formula is C15H24BrNOS. The van der Waals surface area contributed by atoms with Gasteiger partial charge in [-0.15, -0.1) is 11.3 Å². The lowest BCUT2D eigenvalue weighted by atomic mass is 9.82. The quantitative estimate of drug-likeness (QED) is 0.802. The third-order valence-electron chi connectivity index (χ3n) is 4.04. The van der Waals surface area contributed by atoms with Crippen LogP contribution in [0, 0.1) is 5.92 Å². The van der Waals surface area contributed by atoms with Gasteiger partial charge in [-0.25, -0.2) is 0 Å². The molecule has 2 rings (SSSR count). The predicted molar refractivity (Wildman–Crippen MR) is 85.8 cm³/mol. The van der Waals surface area contributed by atoms with Crippen LogP contribution in [0.15, 0.2) is 15.9 Å². The summed E-state index contributed by atoms with van der Waals surface area (Å²) in [6.45, 7) is 2.90. The molecule has 0 radical (unpaired) electrons. The van der Waals surface area contributed by atoms with E-state index in [9.17, 15) is 0 Å². The number of nitrogens with one attached hydrogen (secondary N) is 1. The van der Waals surface area contributed by atoms with E-state index in [4.69, 9.17) is 4.74 Å². The summed E-state index contributed by atoms with van der Waals surface area (Å²) in [4.78, 5) is 1.37. The van der Waals surface area contributed by atoms with E-state index < -0.39 is 0 Å². The Morgan fingerprint density at radius 2 is 2.16 bits per heavy atom. The van der Waals surface area contributed by atoms with Gasteiger partial charge in [0.05, 0.1) is 12.1 Å². The minimum Gasteiger partial charge on any atom is -0.376 e. The van der Waals surface area contributed by atoms with Crippen molar-refractivity contribution in [2.45, 2.75) is 51.2 Å². The fourth-order valence-corrected chi connectivity index (χ4v) is 4.90. The van der Waals surface area contributed by atoms with Gasteiger partial charge in [-0.3, -0.25) is 0 Å². The highest BCUT2D eigenvalue weighted by atomic mass is 79.9. The van der Waals surface area contributed by atoms with Crippen LogP contribution in [0.2, 0.25) is 0 Å². The van der Waals surface area contributed by atoms with Gasteiger partial charge in [0.2, 0.25) is 0 Å². The first-order chi connectivity index (χ1) is 9.27. The van der Waals surface area contributed by atoms with Crippen molar-refractivity contribution in [1.82, 2.24) is 5.32 Å². The molecule has 1 aliphatic rings. The number of thiophene rings is 1. The molecule has 0 spiro atoms. The number of likely N-dealkylation sites (N-methyl/N-ethyl adjacent to an activating group) is 1. The SMILES string of the molecule is CCOC(C1CCCCC1)C(NC)c1sccc1Br. The lowest BCUT2D eigenvalue weighted by molar-refractivity contribution is -0.0161. The van der Waals surface area contributed by atoms with Gasteiger partial charge in [-0.2, -0.15) is 0 Å². The molecular weight excluding hydrogens is 322 g/mol. The lowest BCUT2D eigenvalue weighted by Gasteiger charge is -2.35. The molecule has 1 N–H and O–H groups in total. The molecule has 4 heteroatoms. The maximum Gasteiger partial charge on any atom is 0.0805 e. The third-order valence-corrected chi connectivity index (χ3v) is 5.99. The normalized spacial score (nSPS) is 20.4. The average molecular weight is 346 g/mol. The molecule has 0 saturated heterocycles. The van der Waals surface area contributed by atoms with Crippen molar-refractivity contribution in [2.75, 3.05) is 13.7 Å². The molecule has 0 aliphatic heterocycles. The molecule has 2 nitrogen and oxygen atoms in total. The molecule has 1 saturated carbocycles. The molecule has 1 aromatic heterocycles. The summed E-state index contributed by atoms with van der Waals surface area (Å²) in [7, 11) is 2.05. The van der Waals surface area contributed by atoms with Crippen LogP contribution in [0.4, 0.5) is 0 Å². The largest absolute Gasteiger partial charge is 0.376 e. The van der Waals surface area contributed by atoms with E-state index in [0.717, 1.165) is 6.61 Å². The highest BCUT2D eigenvalue weighted by molar-refractivity contribution is 9.10. The molecule has 1 aromatic rings. The van der Waals surface area contributed by atoms with Crippen molar-refractivity contribution >= 4 is 27.3 Å². The van der Waals surface area contributed by atoms with Crippen molar-refractivity contribution in [3.05, 3.63) is 20.8 Å². The first-order valence-corrected chi connectivity index (χ1v) is 8.97. The molecule has 0 bridgehead atoms. The first kappa shape index (κ1) is 15.5. The second-order valence-corrected chi connectivity index (χ2v) is 7.02. The van der Waals surface area contributed by atoms with Crippen LogP contribution in [0.5, 0.6) is 0 Å². The summed E-state index contributed by atoms with van der Waals surface area (Å²) >= 11 is 5.48. The van der Waals surface area contributed by atoms with Gasteiger partial charge in [0.1, 0.15) is 0 Å². The van der Waals surface area contributed by atoms with Crippen molar-refractivity contribution in [1.29, 1.82) is 0 Å². The van der Waals surface area contributed by atoms with Crippen molar-refractivity contribution in [2.24, 2.45) is 5.92 Å². The Bertz CT molecular complexity index is 376. The van der Waals surface area contributed by atoms with E-state index in [1.807, 2.05) is 18.4 Å². The smallest absolute Gasteiger partial charge is 0.0805 e. The van der Waals surface area contributed by atoms with Gasteiger partial charge in [0.15, 0.2) is 0 Å². The second kappa shape index (κ2) is 7.77. The summed E-state index contributed by atoms with van der Waals surface area (Å²) < 4.78 is 7.34. The maximum absolute atomic E-state index is 6.14. The molecule has 19 heavy (non-hydrogen) atoms. The lowest BCUT2D eigenvalue weighted by Crippen LogP contribution is -2.38. The van der Waals surface area contributed by atoms with E-state index in [1.54, 1.807) is 0 Å². The maximum atomic E-state index is 6.14. The van der Waals surface area contributed by atoms with E-state index in [1.165, 1.54) is 41.5 Å². The Hall–Kier alpha value is 0.100. The first-order valence-electron chi connectivity index (χ1n) is 7.29. The standard InChI is InChI=1S/C15H24BrNOS/c1-3-18-14(11-7-5-4-6-8-11)13(17-2)15-12(16)9-10-19-15/h9-11,13-14,17H,3-8H2,1-2H3. The van der Waals surface area contributed by atoms with Gasteiger partial charge in [-0.1, -0.05) is 19.3 Å². The molecule has 0 aromatic carbocycles. The minimum absolute atomic E-state index is 0.297. The Labute approximate surface area is 129 Å². The van der Waals surface area contributed by atoms with Gasteiger partial charge in [0.25, 0.3) is 0 Å². The summed E-state index contributed by atoms with van der Waals surface area (Å²) in [5.41, 5.74) is 0. The van der Waals surface area contributed by atoms with Crippen molar-refractivity contribution in [3.63, 3.8) is 0 Å². The summed E-state index contributed by atoms with van der Waals surface area (Å²) in [5, 5.41) is 5.63. The van der Waals surface area contributed by atoms with Crippen LogP contribution in [0.3, 0.4) is 0 Å². The molecule has 108 valence electrons. The van der Waals surface area contributed by atoms with Crippen LogP contribution in [-0.2, 0) is 4.74 Å². The summed E-state index contributed by atoms with van der Waals surface area (Å²) in [6, 6.07) is 2.44. The van der Waals surface area contributed by atoms with E-state index in [2.05, 4.69) is 39.6 Å². The molecule has 2 atom stereocenters. The van der Waals surface area contributed by atoms with Crippen LogP contribution >= 0.6 is 27.3 Å². The number of hydrogen-bond acceptors (Lipinski definition) is 3. The molecule has 0 amide bonds. The van der Waals surface area contributed by atoms with E-state index >= 15 is 0 Å². The topological polar surface area (TPSA) is 21.3 Å². The number of rotatable bonds is 6. The minimum atomic E-state index is 0.297. The third kappa shape index (κ3) is 3.81. The Morgan fingerprint density at radius 1 is 1.42 bits per heavy atom. The number of hydrogen-bond donors (Lipinski definition) is 1. The van der Waals surface area contributed by atoms with Crippen molar-refractivity contribution < 1.29 is 4.74 Å². The van der Waals surface area contributed by atoms with Crippen LogP contribution in [0.1, 0.15) is 49.9 Å². The number of ether oxygens (including phenoxy) is 1. The predicted octanol–water partition coefficient (Wildman–Crippen LogP) is 4.76. The van der Waals surface area contributed by atoms with E-state index in [0.29, 0.717) is 18.1 Å². The Balaban J connectivity index is 2.17. The molecule has 1 fully saturated rings. The Morgan fingerprint density at radius 3 is 2.68 bits per heavy atom. The highest BCUT2D eigenvalue weighted by Crippen LogP contribution is 2.38. The zero-order valence-electron chi connectivity index (χ0n) is 11.8. The van der Waals surface area contributed by atoms with Gasteiger partial charge in [-0.05, 0) is 60.1 Å². The molecule has 1 heterocycles. The fourth-order valence-electron chi connectivity index (χ4n) is 3.13. The van der Waals surface area contributed by atoms with Gasteiger partial charge >= 0.3 is 0 Å². The highest BCUT2D eigenvalue weighted by Gasteiger charge is 2.32. The number of halogens is 1. The second-order valence-electron chi connectivity index (χ2n) is 5.22. The van der Waals surface area contributed by atoms with Crippen molar-refractivity contribution in [3.8, 4) is 0 Å². The van der Waals surface area contributed by atoms with Crippen LogP contribution in [-0.4, -0.2) is 19.8 Å². The molecule has 1 aliphatic carbocycles. The monoisotopic (exact) mass is 345 g/mol. The van der Waals surface area contributed by atoms with Gasteiger partial charge < -0.3 is 10.1 Å².